The average Bonchev–Trinajstić information content (AvgIpc) is 2.27. The Labute approximate surface area is 113 Å². The van der Waals surface area contributed by atoms with Gasteiger partial charge in [0, 0.05) is 0 Å². The van der Waals surface area contributed by atoms with Crippen molar-refractivity contribution in [3.05, 3.63) is 42.3 Å². The molecule has 5 heteroatoms. The predicted octanol–water partition coefficient (Wildman–Crippen LogP) is 1.97. The molecular weight excluding hydrogens is 244 g/mol. The fourth-order valence-corrected chi connectivity index (χ4v) is 1.31. The summed E-state index contributed by atoms with van der Waals surface area (Å²) in [7, 11) is 0. The van der Waals surface area contributed by atoms with Gasteiger partial charge in [-0.15, -0.1) is 0 Å². The molecule has 0 saturated heterocycles. The number of carbonyl (C=O) groups is 2. The number of benzene rings is 1. The maximum Gasteiger partial charge on any atom is 0.426 e. The van der Waals surface area contributed by atoms with E-state index in [-0.39, 0.29) is 12.3 Å². The van der Waals surface area contributed by atoms with Gasteiger partial charge in [0.15, 0.2) is 0 Å². The Bertz CT molecular complexity index is 447. The van der Waals surface area contributed by atoms with E-state index in [0.29, 0.717) is 0 Å². The smallest absolute Gasteiger partial charge is 0.426 e. The molecule has 1 aromatic rings. The summed E-state index contributed by atoms with van der Waals surface area (Å²) in [5, 5.41) is 0. The van der Waals surface area contributed by atoms with Gasteiger partial charge in [-0.05, 0) is 38.8 Å². The summed E-state index contributed by atoms with van der Waals surface area (Å²) in [5.74, 6) is -0.317. The summed E-state index contributed by atoms with van der Waals surface area (Å²) in [6, 6.07) is 7.28. The third-order valence-electron chi connectivity index (χ3n) is 2.09. The van der Waals surface area contributed by atoms with Crippen LogP contribution in [0.2, 0.25) is 0 Å². The average molecular weight is 263 g/mol. The fourth-order valence-electron chi connectivity index (χ4n) is 1.31. The highest BCUT2D eigenvalue weighted by Crippen LogP contribution is 2.06. The maximum atomic E-state index is 11.6. The molecule has 0 aliphatic heterocycles. The molecule has 0 aliphatic carbocycles. The monoisotopic (exact) mass is 263 g/mol. The van der Waals surface area contributed by atoms with Gasteiger partial charge in [0.1, 0.15) is 5.60 Å². The number of amides is 2. The predicted molar refractivity (Wildman–Crippen MR) is 72.1 cm³/mol. The second-order valence-corrected chi connectivity index (χ2v) is 5.17. The van der Waals surface area contributed by atoms with Crippen molar-refractivity contribution in [2.24, 2.45) is 0 Å². The van der Waals surface area contributed by atoms with Crippen molar-refractivity contribution < 1.29 is 14.3 Å². The molecule has 0 saturated carbocycles. The van der Waals surface area contributed by atoms with Gasteiger partial charge in [0.25, 0.3) is 0 Å². The zero-order valence-corrected chi connectivity index (χ0v) is 11.4. The first-order valence-corrected chi connectivity index (χ1v) is 5.95. The Hall–Kier alpha value is -2.04. The van der Waals surface area contributed by atoms with Crippen LogP contribution in [0.25, 0.3) is 0 Å². The molecule has 19 heavy (non-hydrogen) atoms. The Balaban J connectivity index is 2.36. The zero-order valence-electron chi connectivity index (χ0n) is 11.4. The lowest BCUT2D eigenvalue weighted by atomic mass is 10.1. The first kappa shape index (κ1) is 15.0. The summed E-state index contributed by atoms with van der Waals surface area (Å²) in [6.07, 6.45) is -0.509. The number of hydrogen-bond acceptors (Lipinski definition) is 3. The largest absolute Gasteiger partial charge is 0.443 e. The van der Waals surface area contributed by atoms with E-state index in [1.165, 1.54) is 0 Å². The van der Waals surface area contributed by atoms with Gasteiger partial charge in [0.05, 0.1) is 6.42 Å². The van der Waals surface area contributed by atoms with Crippen LogP contribution in [-0.4, -0.2) is 17.6 Å². The van der Waals surface area contributed by atoms with E-state index in [2.05, 4.69) is 17.8 Å². The van der Waals surface area contributed by atoms with Crippen molar-refractivity contribution in [3.63, 3.8) is 0 Å². The highest BCUT2D eigenvalue weighted by Gasteiger charge is 2.16. The molecule has 2 N–H and O–H groups in total. The highest BCUT2D eigenvalue weighted by atomic mass is 16.6. The van der Waals surface area contributed by atoms with E-state index < -0.39 is 11.7 Å². The standard InChI is InChI=1S/C14H19N2O3/c1-10-5-7-11(8-6-10)9-12(17)15-16-13(18)19-14(2,3)4/h5-8H,1,9H2,2-4H3,(H,15,17)(H,16,18). The van der Waals surface area contributed by atoms with Gasteiger partial charge in [-0.1, -0.05) is 24.3 Å². The fraction of sp³-hybridized carbons (Fsp3) is 0.357. The molecule has 103 valence electrons. The van der Waals surface area contributed by atoms with E-state index in [1.54, 1.807) is 20.8 Å². The first-order chi connectivity index (χ1) is 8.76. The van der Waals surface area contributed by atoms with Gasteiger partial charge in [0.2, 0.25) is 5.91 Å². The van der Waals surface area contributed by atoms with E-state index >= 15 is 0 Å². The van der Waals surface area contributed by atoms with Crippen LogP contribution in [0.4, 0.5) is 4.79 Å². The van der Waals surface area contributed by atoms with Crippen molar-refractivity contribution in [2.45, 2.75) is 32.8 Å². The van der Waals surface area contributed by atoms with Gasteiger partial charge in [-0.25, -0.2) is 10.2 Å². The van der Waals surface area contributed by atoms with Crippen LogP contribution in [0, 0.1) is 6.92 Å². The van der Waals surface area contributed by atoms with E-state index in [9.17, 15) is 9.59 Å². The quantitative estimate of drug-likeness (QED) is 0.802. The lowest BCUT2D eigenvalue weighted by Gasteiger charge is -2.19. The maximum absolute atomic E-state index is 11.6. The second kappa shape index (κ2) is 6.22. The number of hydrogen-bond donors (Lipinski definition) is 2. The molecule has 0 atom stereocenters. The minimum atomic E-state index is -0.686. The molecule has 0 fully saturated rings. The van der Waals surface area contributed by atoms with Crippen LogP contribution >= 0.6 is 0 Å². The molecule has 5 nitrogen and oxygen atoms in total. The highest BCUT2D eigenvalue weighted by molar-refractivity contribution is 5.81. The van der Waals surface area contributed by atoms with Crippen molar-refractivity contribution in [1.29, 1.82) is 0 Å². The Morgan fingerprint density at radius 1 is 1.16 bits per heavy atom. The minimum Gasteiger partial charge on any atom is -0.443 e. The van der Waals surface area contributed by atoms with Crippen LogP contribution in [-0.2, 0) is 16.0 Å². The Kier molecular flexibility index (Phi) is 4.92. The minimum absolute atomic E-state index is 0.177. The Morgan fingerprint density at radius 3 is 2.26 bits per heavy atom. The van der Waals surface area contributed by atoms with Crippen LogP contribution in [0.1, 0.15) is 31.9 Å². The van der Waals surface area contributed by atoms with Crippen molar-refractivity contribution in [2.75, 3.05) is 0 Å². The van der Waals surface area contributed by atoms with Crippen molar-refractivity contribution in [1.82, 2.24) is 10.9 Å². The number of ether oxygens (including phenoxy) is 1. The third kappa shape index (κ3) is 6.45. The van der Waals surface area contributed by atoms with Crippen molar-refractivity contribution in [3.8, 4) is 0 Å². The molecule has 0 bridgehead atoms. The van der Waals surface area contributed by atoms with Crippen LogP contribution in [0.15, 0.2) is 24.3 Å². The summed E-state index contributed by atoms with van der Waals surface area (Å²) in [6.45, 7) is 8.99. The molecular formula is C14H19N2O3. The molecule has 2 amide bonds. The van der Waals surface area contributed by atoms with Crippen molar-refractivity contribution >= 4 is 12.0 Å². The van der Waals surface area contributed by atoms with Gasteiger partial charge >= 0.3 is 6.09 Å². The third-order valence-corrected chi connectivity index (χ3v) is 2.09. The number of carbonyl (C=O) groups excluding carboxylic acids is 2. The van der Waals surface area contributed by atoms with Crippen LogP contribution in [0.5, 0.6) is 0 Å². The topological polar surface area (TPSA) is 67.4 Å². The lowest BCUT2D eigenvalue weighted by Crippen LogP contribution is -2.44. The van der Waals surface area contributed by atoms with E-state index in [0.717, 1.165) is 11.1 Å². The van der Waals surface area contributed by atoms with Gasteiger partial charge < -0.3 is 4.74 Å². The number of hydrazine groups is 1. The molecule has 0 unspecified atom stereocenters. The normalized spacial score (nSPS) is 10.7. The summed E-state index contributed by atoms with van der Waals surface area (Å²) >= 11 is 0. The first-order valence-electron chi connectivity index (χ1n) is 5.95. The van der Waals surface area contributed by atoms with Crippen LogP contribution < -0.4 is 10.9 Å². The van der Waals surface area contributed by atoms with E-state index in [4.69, 9.17) is 4.74 Å². The molecule has 0 aliphatic rings. The van der Waals surface area contributed by atoms with Gasteiger partial charge in [-0.3, -0.25) is 10.2 Å². The Morgan fingerprint density at radius 2 is 1.74 bits per heavy atom. The van der Waals surface area contributed by atoms with E-state index in [1.807, 2.05) is 24.3 Å². The van der Waals surface area contributed by atoms with Crippen LogP contribution in [0.3, 0.4) is 0 Å². The molecule has 1 aromatic carbocycles. The molecule has 1 rings (SSSR count). The second-order valence-electron chi connectivity index (χ2n) is 5.17. The number of nitrogens with one attached hydrogen (secondary N) is 2. The molecule has 0 heterocycles. The SMILES string of the molecule is [CH2]c1ccc(CC(=O)NNC(=O)OC(C)(C)C)cc1. The lowest BCUT2D eigenvalue weighted by molar-refractivity contribution is -0.121. The zero-order chi connectivity index (χ0) is 14.5. The summed E-state index contributed by atoms with van der Waals surface area (Å²) in [4.78, 5) is 22.9. The van der Waals surface area contributed by atoms with Gasteiger partial charge in [-0.2, -0.15) is 0 Å². The summed E-state index contributed by atoms with van der Waals surface area (Å²) in [5.41, 5.74) is 5.62. The molecule has 0 aromatic heterocycles. The summed E-state index contributed by atoms with van der Waals surface area (Å²) < 4.78 is 4.98. The number of rotatable bonds is 2. The molecule has 0 spiro atoms. The molecule has 1 radical (unpaired) electrons.